The standard InChI is InChI=1S/C15H19N3O7/c1-4-10-6-18(15(21)16-14(10)17-22)13-5-11(24-9(3)20)12(25-13)7-23-8(2)19/h4,6,11-13,22H,1,5,7H2,2-3H3,(H,16,17,21)/t11-,12+,13+/m0/s1. The molecule has 2 rings (SSSR count). The van der Waals surface area contributed by atoms with Gasteiger partial charge in [0, 0.05) is 32.0 Å². The second-order valence-electron chi connectivity index (χ2n) is 5.37. The summed E-state index contributed by atoms with van der Waals surface area (Å²) >= 11 is 0. The number of hydrogen-bond acceptors (Lipinski definition) is 9. The zero-order valence-corrected chi connectivity index (χ0v) is 13.8. The number of aromatic nitrogens is 2. The third-order valence-corrected chi connectivity index (χ3v) is 3.56. The van der Waals surface area contributed by atoms with Crippen molar-refractivity contribution in [2.75, 3.05) is 12.1 Å². The highest BCUT2D eigenvalue weighted by atomic mass is 16.6. The summed E-state index contributed by atoms with van der Waals surface area (Å²) in [5.74, 6) is -1.05. The summed E-state index contributed by atoms with van der Waals surface area (Å²) in [4.78, 5) is 38.1. The maximum Gasteiger partial charge on any atom is 0.351 e. The SMILES string of the molecule is C=Cc1cn([C@H]2C[C@H](OC(C)=O)[C@@H](COC(C)=O)O2)c(=O)nc1NO. The highest BCUT2D eigenvalue weighted by Crippen LogP contribution is 2.31. The van der Waals surface area contributed by atoms with Crippen molar-refractivity contribution in [3.63, 3.8) is 0 Å². The van der Waals surface area contributed by atoms with Crippen molar-refractivity contribution in [3.05, 3.63) is 28.8 Å². The molecule has 0 amide bonds. The molecule has 10 nitrogen and oxygen atoms in total. The Hall–Kier alpha value is -2.72. The predicted molar refractivity (Wildman–Crippen MR) is 84.7 cm³/mol. The Labute approximate surface area is 143 Å². The topological polar surface area (TPSA) is 129 Å². The van der Waals surface area contributed by atoms with E-state index in [2.05, 4.69) is 11.6 Å². The van der Waals surface area contributed by atoms with Crippen LogP contribution in [0.5, 0.6) is 0 Å². The predicted octanol–water partition coefficient (Wildman–Crippen LogP) is 0.470. The van der Waals surface area contributed by atoms with Gasteiger partial charge in [-0.25, -0.2) is 4.79 Å². The van der Waals surface area contributed by atoms with Crippen molar-refractivity contribution in [2.24, 2.45) is 0 Å². The van der Waals surface area contributed by atoms with Gasteiger partial charge in [-0.1, -0.05) is 12.7 Å². The van der Waals surface area contributed by atoms with Crippen LogP contribution in [0.4, 0.5) is 5.82 Å². The molecule has 0 aromatic carbocycles. The van der Waals surface area contributed by atoms with Gasteiger partial charge in [-0.3, -0.25) is 24.8 Å². The van der Waals surface area contributed by atoms with Crippen molar-refractivity contribution < 1.29 is 29.0 Å². The molecule has 0 aliphatic carbocycles. The molecule has 1 aromatic rings. The van der Waals surface area contributed by atoms with Gasteiger partial charge >= 0.3 is 17.6 Å². The first-order chi connectivity index (χ1) is 11.8. The van der Waals surface area contributed by atoms with E-state index in [1.807, 2.05) is 5.48 Å². The second kappa shape index (κ2) is 7.90. The lowest BCUT2D eigenvalue weighted by Crippen LogP contribution is -2.31. The smallest absolute Gasteiger partial charge is 0.351 e. The number of carbonyl (C=O) groups excluding carboxylic acids is 2. The van der Waals surface area contributed by atoms with Crippen LogP contribution in [0.3, 0.4) is 0 Å². The van der Waals surface area contributed by atoms with Gasteiger partial charge in [0.15, 0.2) is 5.82 Å². The third kappa shape index (κ3) is 4.43. The lowest BCUT2D eigenvalue weighted by atomic mass is 10.2. The van der Waals surface area contributed by atoms with E-state index in [-0.39, 0.29) is 18.8 Å². The Morgan fingerprint density at radius 3 is 2.80 bits per heavy atom. The normalized spacial score (nSPS) is 22.3. The molecule has 1 aliphatic rings. The molecule has 2 heterocycles. The maximum atomic E-state index is 12.1. The Morgan fingerprint density at radius 1 is 1.52 bits per heavy atom. The van der Waals surface area contributed by atoms with Crippen LogP contribution in [0.1, 0.15) is 32.1 Å². The number of rotatable bonds is 6. The number of esters is 2. The van der Waals surface area contributed by atoms with E-state index >= 15 is 0 Å². The fourth-order valence-corrected chi connectivity index (χ4v) is 2.49. The summed E-state index contributed by atoms with van der Waals surface area (Å²) in [6, 6.07) is 0. The molecule has 0 unspecified atom stereocenters. The monoisotopic (exact) mass is 353 g/mol. The van der Waals surface area contributed by atoms with Crippen LogP contribution >= 0.6 is 0 Å². The number of hydrogen-bond donors (Lipinski definition) is 2. The molecule has 1 fully saturated rings. The second-order valence-corrected chi connectivity index (χ2v) is 5.37. The molecule has 0 bridgehead atoms. The van der Waals surface area contributed by atoms with Gasteiger partial charge in [0.05, 0.1) is 0 Å². The number of nitrogens with zero attached hydrogens (tertiary/aromatic N) is 2. The molecule has 0 saturated carbocycles. The van der Waals surface area contributed by atoms with E-state index in [1.165, 1.54) is 30.7 Å². The lowest BCUT2D eigenvalue weighted by Gasteiger charge is -2.18. The van der Waals surface area contributed by atoms with Crippen LogP contribution in [-0.4, -0.2) is 45.5 Å². The third-order valence-electron chi connectivity index (χ3n) is 3.56. The number of carbonyl (C=O) groups is 2. The van der Waals surface area contributed by atoms with Crippen LogP contribution in [0, 0.1) is 0 Å². The zero-order valence-electron chi connectivity index (χ0n) is 13.8. The van der Waals surface area contributed by atoms with Crippen molar-refractivity contribution in [1.29, 1.82) is 0 Å². The Bertz CT molecular complexity index is 730. The first-order valence-corrected chi connectivity index (χ1v) is 7.47. The first-order valence-electron chi connectivity index (χ1n) is 7.47. The highest BCUT2D eigenvalue weighted by molar-refractivity contribution is 5.66. The number of ether oxygens (including phenoxy) is 3. The summed E-state index contributed by atoms with van der Waals surface area (Å²) in [5.41, 5.74) is 1.51. The molecule has 1 saturated heterocycles. The van der Waals surface area contributed by atoms with Gasteiger partial charge in [-0.15, -0.1) is 0 Å². The molecular formula is C15H19N3O7. The quantitative estimate of drug-likeness (QED) is 0.553. The van der Waals surface area contributed by atoms with Gasteiger partial charge in [-0.05, 0) is 0 Å². The Morgan fingerprint density at radius 2 is 2.24 bits per heavy atom. The van der Waals surface area contributed by atoms with E-state index in [9.17, 15) is 14.4 Å². The van der Waals surface area contributed by atoms with Gasteiger partial charge < -0.3 is 14.2 Å². The number of nitrogens with one attached hydrogen (secondary N) is 1. The molecule has 0 radical (unpaired) electrons. The zero-order chi connectivity index (χ0) is 18.6. The van der Waals surface area contributed by atoms with Crippen molar-refractivity contribution in [3.8, 4) is 0 Å². The molecular weight excluding hydrogens is 334 g/mol. The lowest BCUT2D eigenvalue weighted by molar-refractivity contribution is -0.155. The summed E-state index contributed by atoms with van der Waals surface area (Å²) in [6.07, 6.45) is 0.803. The molecule has 2 N–H and O–H groups in total. The van der Waals surface area contributed by atoms with Gasteiger partial charge in [0.2, 0.25) is 0 Å². The van der Waals surface area contributed by atoms with E-state index in [4.69, 9.17) is 19.4 Å². The molecule has 25 heavy (non-hydrogen) atoms. The van der Waals surface area contributed by atoms with E-state index in [0.29, 0.717) is 5.56 Å². The minimum atomic E-state index is -0.781. The average molecular weight is 353 g/mol. The molecule has 1 aromatic heterocycles. The number of anilines is 1. The highest BCUT2D eigenvalue weighted by Gasteiger charge is 2.39. The minimum Gasteiger partial charge on any atom is -0.463 e. The fraction of sp³-hybridized carbons (Fsp3) is 0.467. The van der Waals surface area contributed by atoms with Crippen LogP contribution in [0.25, 0.3) is 6.08 Å². The van der Waals surface area contributed by atoms with E-state index in [0.717, 1.165) is 0 Å². The Balaban J connectivity index is 2.27. The van der Waals surface area contributed by atoms with Gasteiger partial charge in [0.25, 0.3) is 0 Å². The summed E-state index contributed by atoms with van der Waals surface area (Å²) in [6.45, 7) is 5.97. The van der Waals surface area contributed by atoms with Crippen molar-refractivity contribution in [2.45, 2.75) is 38.7 Å². The molecule has 3 atom stereocenters. The van der Waals surface area contributed by atoms with Crippen molar-refractivity contribution in [1.82, 2.24) is 9.55 Å². The van der Waals surface area contributed by atoms with Gasteiger partial charge in [0.1, 0.15) is 25.0 Å². The average Bonchev–Trinajstić information content (AvgIpc) is 2.94. The summed E-state index contributed by atoms with van der Waals surface area (Å²) < 4.78 is 17.0. The summed E-state index contributed by atoms with van der Waals surface area (Å²) in [5, 5.41) is 8.99. The molecule has 10 heteroatoms. The van der Waals surface area contributed by atoms with Gasteiger partial charge in [-0.2, -0.15) is 4.98 Å². The molecule has 0 spiro atoms. The summed E-state index contributed by atoms with van der Waals surface area (Å²) in [7, 11) is 0. The van der Waals surface area contributed by atoms with E-state index < -0.39 is 36.1 Å². The first kappa shape index (κ1) is 18.6. The maximum absolute atomic E-state index is 12.1. The van der Waals surface area contributed by atoms with Crippen LogP contribution < -0.4 is 11.2 Å². The van der Waals surface area contributed by atoms with Crippen molar-refractivity contribution >= 4 is 23.8 Å². The van der Waals surface area contributed by atoms with E-state index in [1.54, 1.807) is 0 Å². The van der Waals surface area contributed by atoms with Crippen LogP contribution in [0.2, 0.25) is 0 Å². The molecule has 136 valence electrons. The largest absolute Gasteiger partial charge is 0.463 e. The molecule has 1 aliphatic heterocycles. The Kier molecular flexibility index (Phi) is 5.88. The fourth-order valence-electron chi connectivity index (χ4n) is 2.49. The van der Waals surface area contributed by atoms with Crippen LogP contribution in [0.15, 0.2) is 17.6 Å². The van der Waals surface area contributed by atoms with Crippen LogP contribution in [-0.2, 0) is 23.8 Å². The minimum absolute atomic E-state index is 0.0396.